The molecule has 120 valence electrons. The lowest BCUT2D eigenvalue weighted by molar-refractivity contribution is -0.167. The summed E-state index contributed by atoms with van der Waals surface area (Å²) in [5.41, 5.74) is 0.421. The maximum absolute atomic E-state index is 10.9. The van der Waals surface area contributed by atoms with Crippen LogP contribution in [-0.2, 0) is 0 Å². The molecule has 4 rings (SSSR count). The van der Waals surface area contributed by atoms with Crippen molar-refractivity contribution in [1.82, 2.24) is 0 Å². The third-order valence-electron chi connectivity index (χ3n) is 8.52. The average molecular weight is 292 g/mol. The van der Waals surface area contributed by atoms with Gasteiger partial charge in [0.2, 0.25) is 0 Å². The molecule has 0 aromatic carbocycles. The van der Waals surface area contributed by atoms with Crippen molar-refractivity contribution < 1.29 is 10.2 Å². The van der Waals surface area contributed by atoms with Crippen LogP contribution in [0.5, 0.6) is 0 Å². The zero-order chi connectivity index (χ0) is 14.8. The number of rotatable bonds is 0. The molecule has 8 unspecified atom stereocenters. The first-order valence-corrected chi connectivity index (χ1v) is 9.33. The second kappa shape index (κ2) is 4.71. The van der Waals surface area contributed by atoms with Gasteiger partial charge in [0.25, 0.3) is 0 Å². The van der Waals surface area contributed by atoms with Crippen molar-refractivity contribution in [3.63, 3.8) is 0 Å². The highest BCUT2D eigenvalue weighted by Gasteiger charge is 2.62. The van der Waals surface area contributed by atoms with Crippen LogP contribution in [0.4, 0.5) is 0 Å². The summed E-state index contributed by atoms with van der Waals surface area (Å²) in [5, 5.41) is 21.5. The van der Waals surface area contributed by atoms with Gasteiger partial charge in [0.1, 0.15) is 0 Å². The van der Waals surface area contributed by atoms with Gasteiger partial charge in [0, 0.05) is 0 Å². The Morgan fingerprint density at radius 1 is 0.857 bits per heavy atom. The van der Waals surface area contributed by atoms with E-state index in [1.165, 1.54) is 38.5 Å². The molecule has 0 aliphatic heterocycles. The second-order valence-electron chi connectivity index (χ2n) is 9.19. The topological polar surface area (TPSA) is 40.5 Å². The Bertz CT molecular complexity index is 422. The van der Waals surface area contributed by atoms with Crippen molar-refractivity contribution in [1.29, 1.82) is 0 Å². The van der Waals surface area contributed by atoms with Gasteiger partial charge in [0.15, 0.2) is 0 Å². The molecule has 4 aliphatic rings. The highest BCUT2D eigenvalue weighted by Crippen LogP contribution is 2.66. The summed E-state index contributed by atoms with van der Waals surface area (Å²) in [7, 11) is 0. The Hall–Kier alpha value is -0.0800. The van der Waals surface area contributed by atoms with Gasteiger partial charge in [-0.2, -0.15) is 0 Å². The van der Waals surface area contributed by atoms with Gasteiger partial charge in [0.05, 0.1) is 12.2 Å². The van der Waals surface area contributed by atoms with E-state index in [0.29, 0.717) is 23.2 Å². The molecule has 0 spiro atoms. The third-order valence-corrected chi connectivity index (χ3v) is 8.52. The molecule has 0 bridgehead atoms. The summed E-state index contributed by atoms with van der Waals surface area (Å²) < 4.78 is 0. The van der Waals surface area contributed by atoms with E-state index in [1.807, 2.05) is 0 Å². The van der Waals surface area contributed by atoms with Crippen molar-refractivity contribution in [2.45, 2.75) is 83.8 Å². The molecule has 0 saturated heterocycles. The Labute approximate surface area is 129 Å². The largest absolute Gasteiger partial charge is 0.393 e. The van der Waals surface area contributed by atoms with Gasteiger partial charge in [-0.1, -0.05) is 26.7 Å². The minimum absolute atomic E-state index is 0.0154. The summed E-state index contributed by atoms with van der Waals surface area (Å²) >= 11 is 0. The highest BCUT2D eigenvalue weighted by molar-refractivity contribution is 5.11. The first kappa shape index (κ1) is 14.5. The number of hydrogen-bond acceptors (Lipinski definition) is 2. The predicted octanol–water partition coefficient (Wildman–Crippen LogP) is 3.75. The molecular formula is C19H32O2. The zero-order valence-electron chi connectivity index (χ0n) is 13.7. The Morgan fingerprint density at radius 2 is 1.67 bits per heavy atom. The lowest BCUT2D eigenvalue weighted by atomic mass is 9.44. The molecule has 2 nitrogen and oxygen atoms in total. The van der Waals surface area contributed by atoms with Crippen molar-refractivity contribution in [3.05, 3.63) is 0 Å². The van der Waals surface area contributed by atoms with Crippen LogP contribution >= 0.6 is 0 Å². The molecule has 8 atom stereocenters. The second-order valence-corrected chi connectivity index (χ2v) is 9.19. The molecule has 0 aromatic heterocycles. The van der Waals surface area contributed by atoms with Gasteiger partial charge in [-0.05, 0) is 79.4 Å². The minimum Gasteiger partial charge on any atom is -0.393 e. The standard InChI is InChI=1S/C19H32O2/c1-18-9-4-3-5-12(18)6-7-13-14(18)11-16(21)19(2)10-8-15(20)17(13)19/h12-17,20-21H,3-11H2,1-2H3. The molecule has 0 aromatic rings. The zero-order valence-corrected chi connectivity index (χ0v) is 13.7. The fourth-order valence-electron chi connectivity index (χ4n) is 7.27. The monoisotopic (exact) mass is 292 g/mol. The first-order chi connectivity index (χ1) is 9.97. The van der Waals surface area contributed by atoms with E-state index in [4.69, 9.17) is 0 Å². The summed E-state index contributed by atoms with van der Waals surface area (Å²) in [4.78, 5) is 0. The molecule has 4 fully saturated rings. The molecular weight excluding hydrogens is 260 g/mol. The van der Waals surface area contributed by atoms with Crippen LogP contribution in [-0.4, -0.2) is 22.4 Å². The molecule has 2 N–H and O–H groups in total. The lowest BCUT2D eigenvalue weighted by Crippen LogP contribution is -2.57. The summed E-state index contributed by atoms with van der Waals surface area (Å²) in [5.74, 6) is 2.54. The van der Waals surface area contributed by atoms with E-state index >= 15 is 0 Å². The van der Waals surface area contributed by atoms with Gasteiger partial charge in [-0.3, -0.25) is 0 Å². The summed E-state index contributed by atoms with van der Waals surface area (Å²) in [6.45, 7) is 4.77. The number of aliphatic hydroxyl groups excluding tert-OH is 2. The molecule has 0 amide bonds. The van der Waals surface area contributed by atoms with Crippen LogP contribution in [0.1, 0.15) is 71.6 Å². The van der Waals surface area contributed by atoms with Crippen molar-refractivity contribution in [3.8, 4) is 0 Å². The van der Waals surface area contributed by atoms with Gasteiger partial charge >= 0.3 is 0 Å². The normalized spacial score (nSPS) is 60.0. The number of aliphatic hydroxyl groups is 2. The number of hydrogen-bond donors (Lipinski definition) is 2. The van der Waals surface area contributed by atoms with E-state index in [1.54, 1.807) is 0 Å². The van der Waals surface area contributed by atoms with E-state index in [0.717, 1.165) is 25.2 Å². The molecule has 21 heavy (non-hydrogen) atoms. The molecule has 4 saturated carbocycles. The fraction of sp³-hybridized carbons (Fsp3) is 1.00. The van der Waals surface area contributed by atoms with E-state index in [9.17, 15) is 10.2 Å². The van der Waals surface area contributed by atoms with Gasteiger partial charge in [-0.15, -0.1) is 0 Å². The van der Waals surface area contributed by atoms with Crippen molar-refractivity contribution in [2.24, 2.45) is 34.5 Å². The van der Waals surface area contributed by atoms with Crippen LogP contribution < -0.4 is 0 Å². The summed E-state index contributed by atoms with van der Waals surface area (Å²) in [6, 6.07) is 0. The molecule has 2 heteroatoms. The minimum atomic E-state index is -0.196. The maximum Gasteiger partial charge on any atom is 0.0600 e. The van der Waals surface area contributed by atoms with E-state index in [2.05, 4.69) is 13.8 Å². The quantitative estimate of drug-likeness (QED) is 0.714. The highest BCUT2D eigenvalue weighted by atomic mass is 16.3. The van der Waals surface area contributed by atoms with Crippen molar-refractivity contribution in [2.75, 3.05) is 0 Å². The van der Waals surface area contributed by atoms with Crippen LogP contribution in [0.25, 0.3) is 0 Å². The van der Waals surface area contributed by atoms with Crippen molar-refractivity contribution >= 4 is 0 Å². The smallest absolute Gasteiger partial charge is 0.0600 e. The maximum atomic E-state index is 10.9. The molecule has 4 aliphatic carbocycles. The van der Waals surface area contributed by atoms with E-state index < -0.39 is 0 Å². The Morgan fingerprint density at radius 3 is 2.48 bits per heavy atom. The van der Waals surface area contributed by atoms with Crippen LogP contribution in [0, 0.1) is 34.5 Å². The lowest BCUT2D eigenvalue weighted by Gasteiger charge is -2.61. The summed E-state index contributed by atoms with van der Waals surface area (Å²) in [6.07, 6.45) is 10.8. The SMILES string of the molecule is CC12CCCCC1CCC1C2CC(O)C2(C)CCC(O)C12. The van der Waals surface area contributed by atoms with E-state index in [-0.39, 0.29) is 17.6 Å². The van der Waals surface area contributed by atoms with Gasteiger partial charge in [-0.25, -0.2) is 0 Å². The third kappa shape index (κ3) is 1.84. The molecule has 0 radical (unpaired) electrons. The predicted molar refractivity (Wildman–Crippen MR) is 83.7 cm³/mol. The van der Waals surface area contributed by atoms with Crippen LogP contribution in [0.15, 0.2) is 0 Å². The first-order valence-electron chi connectivity index (χ1n) is 9.33. The molecule has 0 heterocycles. The van der Waals surface area contributed by atoms with Gasteiger partial charge < -0.3 is 10.2 Å². The fourth-order valence-corrected chi connectivity index (χ4v) is 7.27. The van der Waals surface area contributed by atoms with Crippen LogP contribution in [0.2, 0.25) is 0 Å². The van der Waals surface area contributed by atoms with Crippen LogP contribution in [0.3, 0.4) is 0 Å². The average Bonchev–Trinajstić information content (AvgIpc) is 2.77. The Kier molecular flexibility index (Phi) is 3.25. The number of fused-ring (bicyclic) bond motifs is 5. The Balaban J connectivity index is 1.70.